The fourth-order valence-electron chi connectivity index (χ4n) is 0.410. The maximum atomic E-state index is 5.65. The highest BCUT2D eigenvalue weighted by Crippen LogP contribution is 2.05. The van der Waals surface area contributed by atoms with Gasteiger partial charge < -0.3 is 0 Å². The van der Waals surface area contributed by atoms with Gasteiger partial charge in [0.15, 0.2) is 0 Å². The van der Waals surface area contributed by atoms with E-state index in [4.69, 9.17) is 23.2 Å². The van der Waals surface area contributed by atoms with Crippen molar-refractivity contribution in [3.8, 4) is 0 Å². The molecule has 9 heavy (non-hydrogen) atoms. The van der Waals surface area contributed by atoms with Crippen LogP contribution in [-0.2, 0) is 0 Å². The maximum absolute atomic E-state index is 5.65. The largest absolute Gasteiger partial charge is 0.0929 e. The van der Waals surface area contributed by atoms with Crippen LogP contribution in [0.4, 0.5) is 0 Å². The van der Waals surface area contributed by atoms with Gasteiger partial charge in [-0.05, 0) is 12.5 Å². The molecular formula is C7H10Cl2. The van der Waals surface area contributed by atoms with Crippen molar-refractivity contribution >= 4 is 23.2 Å². The van der Waals surface area contributed by atoms with Crippen LogP contribution in [0.2, 0.25) is 0 Å². The van der Waals surface area contributed by atoms with E-state index in [1.54, 1.807) is 6.08 Å². The summed E-state index contributed by atoms with van der Waals surface area (Å²) in [6, 6.07) is 0. The molecule has 0 aliphatic carbocycles. The summed E-state index contributed by atoms with van der Waals surface area (Å²) in [5, 5.41) is 0.715. The Hall–Kier alpha value is 0.0600. The summed E-state index contributed by atoms with van der Waals surface area (Å²) in [4.78, 5) is 0. The quantitative estimate of drug-likeness (QED) is 0.559. The highest BCUT2D eigenvalue weighted by molar-refractivity contribution is 6.32. The second-order valence-corrected chi connectivity index (χ2v) is 2.36. The first-order valence-electron chi connectivity index (χ1n) is 2.93. The number of allylic oxidation sites excluding steroid dienone is 3. The Morgan fingerprint density at radius 1 is 1.56 bits per heavy atom. The van der Waals surface area contributed by atoms with E-state index in [1.165, 1.54) is 5.54 Å². The minimum absolute atomic E-state index is 0.715. The zero-order valence-electron chi connectivity index (χ0n) is 5.40. The highest BCUT2D eigenvalue weighted by atomic mass is 35.5. The smallest absolute Gasteiger partial charge is 0.0374 e. The second-order valence-electron chi connectivity index (χ2n) is 1.67. The topological polar surface area (TPSA) is 0 Å². The molecule has 52 valence electrons. The molecule has 0 atom stereocenters. The fraction of sp³-hybridized carbons (Fsp3) is 0.429. The van der Waals surface area contributed by atoms with E-state index in [0.29, 0.717) is 5.03 Å². The normalized spacial score (nSPS) is 13.0. The third-order valence-corrected chi connectivity index (χ3v) is 1.26. The summed E-state index contributed by atoms with van der Waals surface area (Å²) in [5.41, 5.74) is 1.41. The maximum Gasteiger partial charge on any atom is 0.0374 e. The monoisotopic (exact) mass is 164 g/mol. The molecule has 0 aliphatic heterocycles. The molecule has 0 fully saturated rings. The molecule has 0 aromatic carbocycles. The van der Waals surface area contributed by atoms with Crippen molar-refractivity contribution in [1.29, 1.82) is 0 Å². The van der Waals surface area contributed by atoms with Crippen LogP contribution in [0.1, 0.15) is 19.8 Å². The molecule has 0 nitrogen and oxygen atoms in total. The molecule has 0 saturated carbocycles. The van der Waals surface area contributed by atoms with Crippen LogP contribution in [0.25, 0.3) is 0 Å². The summed E-state index contributed by atoms with van der Waals surface area (Å²) >= 11 is 10.9. The van der Waals surface area contributed by atoms with Gasteiger partial charge in [0.25, 0.3) is 0 Å². The Bertz CT molecular complexity index is 114. The number of unbranched alkanes of at least 4 members (excludes halogenated alkanes) is 1. The van der Waals surface area contributed by atoms with Crippen molar-refractivity contribution in [2.75, 3.05) is 0 Å². The highest BCUT2D eigenvalue weighted by Gasteiger charge is 1.80. The first-order chi connectivity index (χ1) is 4.31. The lowest BCUT2D eigenvalue weighted by atomic mass is 10.3. The van der Waals surface area contributed by atoms with Gasteiger partial charge in [0.05, 0.1) is 0 Å². The Labute approximate surface area is 66.2 Å². The molecule has 0 saturated heterocycles. The number of hydrogen-bond acceptors (Lipinski definition) is 0. The Balaban J connectivity index is 3.55. The third-order valence-electron chi connectivity index (χ3n) is 0.850. The van der Waals surface area contributed by atoms with Crippen LogP contribution < -0.4 is 0 Å². The van der Waals surface area contributed by atoms with Crippen LogP contribution in [0, 0.1) is 0 Å². The van der Waals surface area contributed by atoms with Crippen molar-refractivity contribution < 1.29 is 0 Å². The third kappa shape index (κ3) is 5.94. The van der Waals surface area contributed by atoms with Crippen LogP contribution >= 0.6 is 23.2 Å². The minimum atomic E-state index is 0.715. The van der Waals surface area contributed by atoms with Crippen LogP contribution in [0.3, 0.4) is 0 Å². The molecule has 0 amide bonds. The lowest BCUT2D eigenvalue weighted by molar-refractivity contribution is 0.957. The molecular weight excluding hydrogens is 155 g/mol. The van der Waals surface area contributed by atoms with E-state index in [-0.39, 0.29) is 0 Å². The number of hydrogen-bond donors (Lipinski definition) is 0. The van der Waals surface area contributed by atoms with E-state index in [1.807, 2.05) is 6.08 Å². The van der Waals surface area contributed by atoms with Crippen molar-refractivity contribution in [2.24, 2.45) is 0 Å². The molecule has 0 aromatic rings. The predicted octanol–water partition coefficient (Wildman–Crippen LogP) is 3.66. The Kier molecular flexibility index (Phi) is 6.23. The van der Waals surface area contributed by atoms with Crippen molar-refractivity contribution in [3.63, 3.8) is 0 Å². The molecule has 0 N–H and O–H groups in total. The zero-order chi connectivity index (χ0) is 7.11. The van der Waals surface area contributed by atoms with Gasteiger partial charge >= 0.3 is 0 Å². The van der Waals surface area contributed by atoms with Gasteiger partial charge in [-0.1, -0.05) is 42.6 Å². The van der Waals surface area contributed by atoms with Gasteiger partial charge in [0, 0.05) is 10.6 Å². The molecule has 2 heteroatoms. The Morgan fingerprint density at radius 2 is 2.22 bits per heavy atom. The fourth-order valence-corrected chi connectivity index (χ4v) is 0.783. The molecule has 0 heterocycles. The van der Waals surface area contributed by atoms with E-state index in [2.05, 4.69) is 6.92 Å². The summed E-state index contributed by atoms with van der Waals surface area (Å²) in [6.07, 6.45) is 5.74. The van der Waals surface area contributed by atoms with Gasteiger partial charge in [-0.3, -0.25) is 0 Å². The van der Waals surface area contributed by atoms with Gasteiger partial charge in [-0.25, -0.2) is 0 Å². The van der Waals surface area contributed by atoms with Gasteiger partial charge in [0.1, 0.15) is 0 Å². The second kappa shape index (κ2) is 6.18. The van der Waals surface area contributed by atoms with Gasteiger partial charge in [0.2, 0.25) is 0 Å². The number of halogens is 2. The number of rotatable bonds is 3. The first-order valence-corrected chi connectivity index (χ1v) is 3.75. The first kappa shape index (κ1) is 9.06. The molecule has 0 spiro atoms. The average molecular weight is 165 g/mol. The molecule has 0 aliphatic rings. The predicted molar refractivity (Wildman–Crippen MR) is 43.8 cm³/mol. The van der Waals surface area contributed by atoms with Crippen molar-refractivity contribution in [2.45, 2.75) is 19.8 Å². The lowest BCUT2D eigenvalue weighted by Crippen LogP contribution is -1.64. The molecule has 0 bridgehead atoms. The summed E-state index contributed by atoms with van der Waals surface area (Å²) < 4.78 is 0. The van der Waals surface area contributed by atoms with E-state index in [0.717, 1.165) is 12.8 Å². The van der Waals surface area contributed by atoms with Crippen LogP contribution in [0.15, 0.2) is 22.7 Å². The van der Waals surface area contributed by atoms with Crippen LogP contribution in [0.5, 0.6) is 0 Å². The van der Waals surface area contributed by atoms with Gasteiger partial charge in [-0.2, -0.15) is 0 Å². The average Bonchev–Trinajstić information content (AvgIpc) is 1.85. The van der Waals surface area contributed by atoms with E-state index >= 15 is 0 Å². The lowest BCUT2D eigenvalue weighted by Gasteiger charge is -1.85. The summed E-state index contributed by atoms with van der Waals surface area (Å²) in [5.74, 6) is 0. The van der Waals surface area contributed by atoms with E-state index < -0.39 is 0 Å². The van der Waals surface area contributed by atoms with Crippen molar-refractivity contribution in [1.82, 2.24) is 0 Å². The van der Waals surface area contributed by atoms with Crippen molar-refractivity contribution in [3.05, 3.63) is 22.7 Å². The Morgan fingerprint density at radius 3 is 2.67 bits per heavy atom. The van der Waals surface area contributed by atoms with E-state index in [9.17, 15) is 0 Å². The van der Waals surface area contributed by atoms with Crippen LogP contribution in [-0.4, -0.2) is 0 Å². The van der Waals surface area contributed by atoms with Gasteiger partial charge in [-0.15, -0.1) is 0 Å². The summed E-state index contributed by atoms with van der Waals surface area (Å²) in [6.45, 7) is 2.10. The minimum Gasteiger partial charge on any atom is -0.0929 e. The SMILES string of the molecule is CCCC=C(Cl)C=CCl. The zero-order valence-corrected chi connectivity index (χ0v) is 6.91. The molecule has 0 unspecified atom stereocenters. The molecule has 0 rings (SSSR count). The standard InChI is InChI=1S/C7H10Cl2/c1-2-3-4-7(9)5-6-8/h4-6H,2-3H2,1H3. The molecule has 0 aromatic heterocycles. The molecule has 0 radical (unpaired) electrons. The summed E-state index contributed by atoms with van der Waals surface area (Å²) in [7, 11) is 0.